The fraction of sp³-hybridized carbons (Fsp3) is 0.474. The molecule has 0 radical (unpaired) electrons. The Labute approximate surface area is 153 Å². The van der Waals surface area contributed by atoms with Crippen LogP contribution in [0.4, 0.5) is 0 Å². The van der Waals surface area contributed by atoms with Crippen molar-refractivity contribution in [3.8, 4) is 11.3 Å². The van der Waals surface area contributed by atoms with Gasteiger partial charge in [0.2, 0.25) is 0 Å². The quantitative estimate of drug-likeness (QED) is 0.891. The molecule has 1 aliphatic heterocycles. The van der Waals surface area contributed by atoms with Gasteiger partial charge in [-0.3, -0.25) is 9.48 Å². The van der Waals surface area contributed by atoms with Crippen LogP contribution in [0.5, 0.6) is 0 Å². The summed E-state index contributed by atoms with van der Waals surface area (Å²) in [6.45, 7) is 7.55. The van der Waals surface area contributed by atoms with E-state index in [9.17, 15) is 4.79 Å². The fourth-order valence-electron chi connectivity index (χ4n) is 3.00. The molecular weight excluding hydrogens is 336 g/mol. The van der Waals surface area contributed by atoms with Crippen molar-refractivity contribution in [2.24, 2.45) is 5.73 Å². The van der Waals surface area contributed by atoms with Gasteiger partial charge in [-0.2, -0.15) is 5.10 Å². The minimum absolute atomic E-state index is 0.00248. The first kappa shape index (κ1) is 18.0. The van der Waals surface area contributed by atoms with Crippen molar-refractivity contribution in [3.05, 3.63) is 41.0 Å². The predicted octanol–water partition coefficient (Wildman–Crippen LogP) is 3.52. The molecule has 2 N–H and O–H groups in total. The lowest BCUT2D eigenvalue weighted by molar-refractivity contribution is 0.0715. The van der Waals surface area contributed by atoms with Crippen molar-refractivity contribution in [1.29, 1.82) is 0 Å². The van der Waals surface area contributed by atoms with Crippen LogP contribution >= 0.6 is 11.6 Å². The van der Waals surface area contributed by atoms with Gasteiger partial charge in [0.05, 0.1) is 16.1 Å². The van der Waals surface area contributed by atoms with Crippen LogP contribution in [0.3, 0.4) is 0 Å². The molecule has 0 unspecified atom stereocenters. The van der Waals surface area contributed by atoms with E-state index >= 15 is 0 Å². The number of carbonyl (C=O) groups is 1. The highest BCUT2D eigenvalue weighted by Gasteiger charge is 2.28. The molecule has 0 aliphatic carbocycles. The molecule has 5 nitrogen and oxygen atoms in total. The molecule has 6 heteroatoms. The summed E-state index contributed by atoms with van der Waals surface area (Å²) in [6.07, 6.45) is 3.51. The maximum absolute atomic E-state index is 13.1. The molecule has 0 bridgehead atoms. The molecule has 0 atom stereocenters. The minimum Gasteiger partial charge on any atom is -0.338 e. The van der Waals surface area contributed by atoms with Gasteiger partial charge in [0, 0.05) is 30.9 Å². The molecule has 1 saturated heterocycles. The lowest BCUT2D eigenvalue weighted by Crippen LogP contribution is -2.42. The van der Waals surface area contributed by atoms with Gasteiger partial charge < -0.3 is 10.6 Å². The van der Waals surface area contributed by atoms with Crippen LogP contribution in [0.2, 0.25) is 5.02 Å². The van der Waals surface area contributed by atoms with E-state index in [1.807, 2.05) is 40.0 Å². The normalized spacial score (nSPS) is 16.3. The first-order chi connectivity index (χ1) is 11.8. The highest BCUT2D eigenvalue weighted by Crippen LogP contribution is 2.31. The van der Waals surface area contributed by atoms with Gasteiger partial charge in [-0.05, 0) is 39.7 Å². The number of carbonyl (C=O) groups excluding carboxylic acids is 1. The summed E-state index contributed by atoms with van der Waals surface area (Å²) in [6, 6.07) is 7.69. The van der Waals surface area contributed by atoms with E-state index in [4.69, 9.17) is 22.4 Å². The number of halogens is 1. The van der Waals surface area contributed by atoms with Gasteiger partial charge in [0.15, 0.2) is 0 Å². The van der Waals surface area contributed by atoms with Crippen molar-refractivity contribution in [3.63, 3.8) is 0 Å². The Morgan fingerprint density at radius 3 is 2.48 bits per heavy atom. The Bertz CT molecular complexity index is 770. The maximum Gasteiger partial charge on any atom is 0.257 e. The number of hydrogen-bond donors (Lipinski definition) is 1. The lowest BCUT2D eigenvalue weighted by Gasteiger charge is -2.30. The van der Waals surface area contributed by atoms with Crippen LogP contribution in [0.15, 0.2) is 30.5 Å². The average Bonchev–Trinajstić information content (AvgIpc) is 3.00. The van der Waals surface area contributed by atoms with Crippen molar-refractivity contribution in [1.82, 2.24) is 14.7 Å². The Morgan fingerprint density at radius 1 is 1.24 bits per heavy atom. The Balaban J connectivity index is 2.04. The second kappa shape index (κ2) is 6.81. The standard InChI is InChI=1S/C19H25ClN4O/c1-19(2,3)24-12-15(18(25)23-10-8-13(21)9-11-23)17(22-24)14-6-4-5-7-16(14)20/h4-7,12-13H,8-11,21H2,1-3H3. The molecular formula is C19H25ClN4O. The SMILES string of the molecule is CC(C)(C)n1cc(C(=O)N2CCC(N)CC2)c(-c2ccccc2Cl)n1. The molecule has 3 rings (SSSR count). The molecule has 1 aliphatic rings. The van der Waals surface area contributed by atoms with Gasteiger partial charge >= 0.3 is 0 Å². The van der Waals surface area contributed by atoms with E-state index in [0.29, 0.717) is 29.4 Å². The van der Waals surface area contributed by atoms with Gasteiger partial charge in [-0.15, -0.1) is 0 Å². The third-order valence-electron chi connectivity index (χ3n) is 4.59. The molecule has 2 aromatic rings. The molecule has 1 fully saturated rings. The summed E-state index contributed by atoms with van der Waals surface area (Å²) >= 11 is 6.37. The highest BCUT2D eigenvalue weighted by molar-refractivity contribution is 6.33. The zero-order chi connectivity index (χ0) is 18.2. The van der Waals surface area contributed by atoms with E-state index in [-0.39, 0.29) is 17.5 Å². The van der Waals surface area contributed by atoms with Crippen molar-refractivity contribution in [2.45, 2.75) is 45.2 Å². The number of rotatable bonds is 2. The van der Waals surface area contributed by atoms with Gasteiger partial charge in [0.1, 0.15) is 5.69 Å². The molecule has 1 amide bonds. The Hall–Kier alpha value is -1.85. The number of hydrogen-bond acceptors (Lipinski definition) is 3. The van der Waals surface area contributed by atoms with Crippen molar-refractivity contribution >= 4 is 17.5 Å². The van der Waals surface area contributed by atoms with Crippen LogP contribution < -0.4 is 5.73 Å². The molecule has 2 heterocycles. The Morgan fingerprint density at radius 2 is 1.88 bits per heavy atom. The molecule has 1 aromatic heterocycles. The van der Waals surface area contributed by atoms with E-state index in [1.54, 1.807) is 0 Å². The first-order valence-electron chi connectivity index (χ1n) is 8.67. The second-order valence-electron chi connectivity index (χ2n) is 7.62. The van der Waals surface area contributed by atoms with E-state index in [2.05, 4.69) is 20.8 Å². The number of nitrogens with zero attached hydrogens (tertiary/aromatic N) is 3. The van der Waals surface area contributed by atoms with E-state index in [1.165, 1.54) is 0 Å². The Kier molecular flexibility index (Phi) is 4.89. The molecule has 0 saturated carbocycles. The summed E-state index contributed by atoms with van der Waals surface area (Å²) in [7, 11) is 0. The number of nitrogens with two attached hydrogens (primary N) is 1. The molecule has 0 spiro atoms. The molecule has 25 heavy (non-hydrogen) atoms. The van der Waals surface area contributed by atoms with Crippen LogP contribution in [0.25, 0.3) is 11.3 Å². The number of aromatic nitrogens is 2. The summed E-state index contributed by atoms with van der Waals surface area (Å²) in [5, 5.41) is 5.30. The first-order valence-corrected chi connectivity index (χ1v) is 9.05. The monoisotopic (exact) mass is 360 g/mol. The van der Waals surface area contributed by atoms with Crippen LogP contribution in [-0.2, 0) is 5.54 Å². The fourth-order valence-corrected chi connectivity index (χ4v) is 3.22. The lowest BCUT2D eigenvalue weighted by atomic mass is 10.0. The number of benzene rings is 1. The number of piperidine rings is 1. The predicted molar refractivity (Wildman–Crippen MR) is 101 cm³/mol. The van der Waals surface area contributed by atoms with Crippen molar-refractivity contribution in [2.75, 3.05) is 13.1 Å². The van der Waals surface area contributed by atoms with Crippen LogP contribution in [0, 0.1) is 0 Å². The topological polar surface area (TPSA) is 64.2 Å². The third-order valence-corrected chi connectivity index (χ3v) is 4.92. The van der Waals surface area contributed by atoms with E-state index < -0.39 is 0 Å². The summed E-state index contributed by atoms with van der Waals surface area (Å²) in [5.41, 5.74) is 7.76. The van der Waals surface area contributed by atoms with Gasteiger partial charge in [0.25, 0.3) is 5.91 Å². The van der Waals surface area contributed by atoms with Crippen LogP contribution in [-0.4, -0.2) is 39.7 Å². The molecule has 134 valence electrons. The van der Waals surface area contributed by atoms with Gasteiger partial charge in [-0.1, -0.05) is 29.8 Å². The van der Waals surface area contributed by atoms with Crippen molar-refractivity contribution < 1.29 is 4.79 Å². The maximum atomic E-state index is 13.1. The zero-order valence-electron chi connectivity index (χ0n) is 15.0. The van der Waals surface area contributed by atoms with Crippen LogP contribution in [0.1, 0.15) is 44.0 Å². The number of likely N-dealkylation sites (tertiary alicyclic amines) is 1. The molecule has 1 aromatic carbocycles. The minimum atomic E-state index is -0.223. The summed E-state index contributed by atoms with van der Waals surface area (Å²) in [4.78, 5) is 15.0. The summed E-state index contributed by atoms with van der Waals surface area (Å²) in [5.74, 6) is -0.00248. The largest absolute Gasteiger partial charge is 0.338 e. The summed E-state index contributed by atoms with van der Waals surface area (Å²) < 4.78 is 1.84. The van der Waals surface area contributed by atoms with Gasteiger partial charge in [-0.25, -0.2) is 0 Å². The number of amides is 1. The average molecular weight is 361 g/mol. The smallest absolute Gasteiger partial charge is 0.257 e. The second-order valence-corrected chi connectivity index (χ2v) is 8.02. The third kappa shape index (κ3) is 3.72. The van der Waals surface area contributed by atoms with E-state index in [0.717, 1.165) is 18.4 Å². The zero-order valence-corrected chi connectivity index (χ0v) is 15.8. The highest BCUT2D eigenvalue weighted by atomic mass is 35.5.